The van der Waals surface area contributed by atoms with Crippen LogP contribution in [-0.2, 0) is 0 Å². The van der Waals surface area contributed by atoms with Gasteiger partial charge in [0.2, 0.25) is 0 Å². The molecule has 0 bridgehead atoms. The second kappa shape index (κ2) is 7.19. The number of hydrogen-bond donors (Lipinski definition) is 2. The van der Waals surface area contributed by atoms with Gasteiger partial charge in [-0.2, -0.15) is 0 Å². The molecule has 2 aromatic rings. The minimum absolute atomic E-state index is 0.211. The van der Waals surface area contributed by atoms with Gasteiger partial charge in [0.05, 0.1) is 0 Å². The molecule has 1 amide bonds. The standard InChI is InChI=1S/C17H17IN2OS/c1-10-4-6-13(7-5-10)16(21)20-17(22)19-15-9-11(2)14(18)8-12(15)3/h4-9H,1-3H3,(H2,19,20,21,22). The predicted octanol–water partition coefficient (Wildman–Crippen LogP) is 4.34. The number of hydrogen-bond acceptors (Lipinski definition) is 2. The van der Waals surface area contributed by atoms with Gasteiger partial charge in [0, 0.05) is 14.8 Å². The highest BCUT2D eigenvalue weighted by molar-refractivity contribution is 14.1. The van der Waals surface area contributed by atoms with E-state index in [4.69, 9.17) is 12.2 Å². The summed E-state index contributed by atoms with van der Waals surface area (Å²) in [6, 6.07) is 11.5. The molecular formula is C17H17IN2OS. The van der Waals surface area contributed by atoms with Crippen LogP contribution in [0.4, 0.5) is 5.69 Å². The normalized spacial score (nSPS) is 10.2. The Labute approximate surface area is 149 Å². The van der Waals surface area contributed by atoms with Gasteiger partial charge in [0.15, 0.2) is 5.11 Å². The van der Waals surface area contributed by atoms with Gasteiger partial charge >= 0.3 is 0 Å². The molecule has 2 rings (SSSR count). The Morgan fingerprint density at radius 2 is 1.68 bits per heavy atom. The second-order valence-corrected chi connectivity index (χ2v) is 6.76. The van der Waals surface area contributed by atoms with E-state index in [1.54, 1.807) is 12.1 Å². The van der Waals surface area contributed by atoms with Crippen molar-refractivity contribution in [3.63, 3.8) is 0 Å². The van der Waals surface area contributed by atoms with Crippen LogP contribution in [0.25, 0.3) is 0 Å². The van der Waals surface area contributed by atoms with Crippen molar-refractivity contribution in [2.45, 2.75) is 20.8 Å². The van der Waals surface area contributed by atoms with Gasteiger partial charge in [-0.3, -0.25) is 10.1 Å². The van der Waals surface area contributed by atoms with Crippen LogP contribution in [0.3, 0.4) is 0 Å². The van der Waals surface area contributed by atoms with Gasteiger partial charge in [0.25, 0.3) is 5.91 Å². The Balaban J connectivity index is 2.05. The van der Waals surface area contributed by atoms with Gasteiger partial charge in [0.1, 0.15) is 0 Å². The number of nitrogens with one attached hydrogen (secondary N) is 2. The summed E-state index contributed by atoms with van der Waals surface area (Å²) in [5.74, 6) is -0.211. The third-order valence-electron chi connectivity index (χ3n) is 3.29. The van der Waals surface area contributed by atoms with Crippen molar-refractivity contribution < 1.29 is 4.79 Å². The molecule has 3 nitrogen and oxygen atoms in total. The van der Waals surface area contributed by atoms with Crippen LogP contribution in [0.1, 0.15) is 27.0 Å². The summed E-state index contributed by atoms with van der Waals surface area (Å²) in [6.07, 6.45) is 0. The lowest BCUT2D eigenvalue weighted by atomic mass is 10.1. The quantitative estimate of drug-likeness (QED) is 0.557. The molecule has 0 aliphatic heterocycles. The lowest BCUT2D eigenvalue weighted by molar-refractivity contribution is 0.0977. The maximum Gasteiger partial charge on any atom is 0.257 e. The Hall–Kier alpha value is -1.47. The SMILES string of the molecule is Cc1ccc(C(=O)NC(=S)Nc2cc(C)c(I)cc2C)cc1. The smallest absolute Gasteiger partial charge is 0.257 e. The molecule has 0 saturated carbocycles. The number of anilines is 1. The van der Waals surface area contributed by atoms with E-state index in [2.05, 4.69) is 39.3 Å². The number of aryl methyl sites for hydroxylation is 3. The first-order valence-corrected chi connectivity index (χ1v) is 8.31. The first-order valence-electron chi connectivity index (χ1n) is 6.82. The van der Waals surface area contributed by atoms with E-state index in [-0.39, 0.29) is 5.91 Å². The topological polar surface area (TPSA) is 41.1 Å². The highest BCUT2D eigenvalue weighted by Crippen LogP contribution is 2.21. The first kappa shape index (κ1) is 16.9. The van der Waals surface area contributed by atoms with E-state index < -0.39 is 0 Å². The Bertz CT molecular complexity index is 726. The zero-order chi connectivity index (χ0) is 16.3. The number of halogens is 1. The van der Waals surface area contributed by atoms with Crippen molar-refractivity contribution >= 4 is 51.5 Å². The summed E-state index contributed by atoms with van der Waals surface area (Å²) in [6.45, 7) is 6.03. The molecule has 0 spiro atoms. The van der Waals surface area contributed by atoms with E-state index in [9.17, 15) is 4.79 Å². The van der Waals surface area contributed by atoms with Crippen LogP contribution in [0.5, 0.6) is 0 Å². The maximum absolute atomic E-state index is 12.1. The van der Waals surface area contributed by atoms with Crippen LogP contribution >= 0.6 is 34.8 Å². The molecule has 0 fully saturated rings. The monoisotopic (exact) mass is 424 g/mol. The lowest BCUT2D eigenvalue weighted by Crippen LogP contribution is -2.34. The number of carbonyl (C=O) groups is 1. The molecule has 114 valence electrons. The summed E-state index contributed by atoms with van der Waals surface area (Å²) in [4.78, 5) is 12.1. The van der Waals surface area contributed by atoms with Gasteiger partial charge in [-0.1, -0.05) is 17.7 Å². The highest BCUT2D eigenvalue weighted by atomic mass is 127. The van der Waals surface area contributed by atoms with Crippen LogP contribution in [0.2, 0.25) is 0 Å². The third-order valence-corrected chi connectivity index (χ3v) is 4.66. The molecule has 0 radical (unpaired) electrons. The van der Waals surface area contributed by atoms with E-state index in [0.717, 1.165) is 16.8 Å². The van der Waals surface area contributed by atoms with E-state index in [0.29, 0.717) is 10.7 Å². The highest BCUT2D eigenvalue weighted by Gasteiger charge is 2.09. The van der Waals surface area contributed by atoms with Crippen LogP contribution in [-0.4, -0.2) is 11.0 Å². The third kappa shape index (κ3) is 4.27. The van der Waals surface area contributed by atoms with Crippen molar-refractivity contribution in [2.75, 3.05) is 5.32 Å². The Kier molecular flexibility index (Phi) is 5.52. The predicted molar refractivity (Wildman–Crippen MR) is 103 cm³/mol. The zero-order valence-electron chi connectivity index (χ0n) is 12.7. The summed E-state index contributed by atoms with van der Waals surface area (Å²) >= 11 is 7.53. The number of benzene rings is 2. The van der Waals surface area contributed by atoms with Crippen molar-refractivity contribution in [3.05, 3.63) is 62.2 Å². The molecule has 0 aliphatic carbocycles. The van der Waals surface area contributed by atoms with Crippen molar-refractivity contribution in [1.29, 1.82) is 0 Å². The molecule has 2 N–H and O–H groups in total. The summed E-state index contributed by atoms with van der Waals surface area (Å²) < 4.78 is 1.20. The van der Waals surface area contributed by atoms with Crippen LogP contribution in [0.15, 0.2) is 36.4 Å². The number of amides is 1. The number of carbonyl (C=O) groups excluding carboxylic acids is 1. The average Bonchev–Trinajstić information content (AvgIpc) is 2.45. The molecule has 0 aromatic heterocycles. The minimum Gasteiger partial charge on any atom is -0.332 e. The summed E-state index contributed by atoms with van der Waals surface area (Å²) in [5, 5.41) is 6.09. The van der Waals surface area contributed by atoms with Gasteiger partial charge in [-0.15, -0.1) is 0 Å². The van der Waals surface area contributed by atoms with E-state index in [1.165, 1.54) is 9.13 Å². The van der Waals surface area contributed by atoms with Gasteiger partial charge < -0.3 is 5.32 Å². The molecule has 5 heteroatoms. The average molecular weight is 424 g/mol. The molecule has 0 heterocycles. The van der Waals surface area contributed by atoms with E-state index >= 15 is 0 Å². The molecule has 0 unspecified atom stereocenters. The number of rotatable bonds is 2. The van der Waals surface area contributed by atoms with Crippen molar-refractivity contribution in [2.24, 2.45) is 0 Å². The fourth-order valence-corrected chi connectivity index (χ4v) is 2.77. The molecule has 0 aliphatic rings. The Morgan fingerprint density at radius 3 is 2.32 bits per heavy atom. The molecule has 22 heavy (non-hydrogen) atoms. The molecular weight excluding hydrogens is 407 g/mol. The van der Waals surface area contributed by atoms with Crippen molar-refractivity contribution in [1.82, 2.24) is 5.32 Å². The first-order chi connectivity index (χ1) is 10.4. The van der Waals surface area contributed by atoms with Gasteiger partial charge in [-0.05, 0) is 91.0 Å². The van der Waals surface area contributed by atoms with Crippen LogP contribution < -0.4 is 10.6 Å². The molecule has 2 aromatic carbocycles. The van der Waals surface area contributed by atoms with E-state index in [1.807, 2.05) is 39.0 Å². The zero-order valence-corrected chi connectivity index (χ0v) is 15.6. The number of thiocarbonyl (C=S) groups is 1. The Morgan fingerprint density at radius 1 is 1.05 bits per heavy atom. The van der Waals surface area contributed by atoms with Crippen molar-refractivity contribution in [3.8, 4) is 0 Å². The molecule has 0 saturated heterocycles. The molecule has 0 atom stereocenters. The van der Waals surface area contributed by atoms with Gasteiger partial charge in [-0.25, -0.2) is 0 Å². The second-order valence-electron chi connectivity index (χ2n) is 5.19. The maximum atomic E-state index is 12.1. The minimum atomic E-state index is -0.211. The summed E-state index contributed by atoms with van der Waals surface area (Å²) in [7, 11) is 0. The largest absolute Gasteiger partial charge is 0.332 e. The lowest BCUT2D eigenvalue weighted by Gasteiger charge is -2.13. The fourth-order valence-electron chi connectivity index (χ4n) is 1.95. The summed E-state index contributed by atoms with van der Waals surface area (Å²) in [5.41, 5.74) is 4.86. The van der Waals surface area contributed by atoms with Crippen LogP contribution in [0, 0.1) is 24.3 Å². The fraction of sp³-hybridized carbons (Fsp3) is 0.176.